The zero-order valence-corrected chi connectivity index (χ0v) is 16.1. The number of β-lactam (4-membered cyclic amide) rings is 1. The van der Waals surface area contributed by atoms with Gasteiger partial charge in [0, 0.05) is 16.1 Å². The van der Waals surface area contributed by atoms with Crippen LogP contribution >= 0.6 is 22.9 Å². The summed E-state index contributed by atoms with van der Waals surface area (Å²) in [4.78, 5) is 38.9. The van der Waals surface area contributed by atoms with Crippen molar-refractivity contribution in [2.45, 2.75) is 17.8 Å². The van der Waals surface area contributed by atoms with Gasteiger partial charge in [0.25, 0.3) is 5.91 Å². The van der Waals surface area contributed by atoms with Crippen molar-refractivity contribution in [3.05, 3.63) is 45.1 Å². The van der Waals surface area contributed by atoms with Crippen LogP contribution in [0.2, 0.25) is 0 Å². The van der Waals surface area contributed by atoms with Gasteiger partial charge in [0.1, 0.15) is 5.70 Å². The number of carbonyl (C=O) groups excluding carboxylic acids is 3. The fourth-order valence-electron chi connectivity index (χ4n) is 2.85. The number of rotatable bonds is 5. The second-order valence-corrected chi connectivity index (χ2v) is 8.44. The van der Waals surface area contributed by atoms with Crippen LogP contribution in [-0.4, -0.2) is 52.6 Å². The maximum absolute atomic E-state index is 12.7. The zero-order chi connectivity index (χ0) is 19.0. The lowest BCUT2D eigenvalue weighted by Crippen LogP contribution is -2.74. The van der Waals surface area contributed by atoms with E-state index in [1.165, 1.54) is 19.4 Å². The average molecular weight is 413 g/mol. The number of nitrogens with zero attached hydrogens (tertiary/aromatic N) is 1. The predicted octanol–water partition coefficient (Wildman–Crippen LogP) is -0.196. The molecule has 3 rings (SSSR count). The van der Waals surface area contributed by atoms with E-state index in [1.54, 1.807) is 0 Å². The Bertz CT molecular complexity index is 813. The molecule has 0 saturated carbocycles. The van der Waals surface area contributed by atoms with Crippen molar-refractivity contribution in [2.75, 3.05) is 5.88 Å². The van der Waals surface area contributed by atoms with Crippen LogP contribution in [-0.2, 0) is 36.6 Å². The van der Waals surface area contributed by atoms with Crippen molar-refractivity contribution < 1.29 is 23.6 Å². The third-order valence-corrected chi connectivity index (χ3v) is 6.91. The first kappa shape index (κ1) is 19.0. The number of amides is 2. The number of hydrogen-bond donors (Lipinski definition) is 1. The molecule has 2 amide bonds. The van der Waals surface area contributed by atoms with Crippen molar-refractivity contribution in [1.29, 1.82) is 0 Å². The smallest absolute Gasteiger partial charge is 0.337 e. The fraction of sp³-hybridized carbons (Fsp3) is 0.267. The van der Waals surface area contributed by atoms with Crippen molar-refractivity contribution >= 4 is 59.9 Å². The number of fused-ring (bicyclic) bond motifs is 1. The van der Waals surface area contributed by atoms with E-state index in [4.69, 9.17) is 16.3 Å². The third kappa shape index (κ3) is 3.07. The molecule has 1 aromatic rings. The average Bonchev–Trinajstić information content (AvgIpc) is 3.13. The molecule has 1 N–H and O–H groups in total. The van der Waals surface area contributed by atoms with Crippen LogP contribution in [0.3, 0.4) is 0 Å². The summed E-state index contributed by atoms with van der Waals surface area (Å²) in [6, 6.07) is 2.65. The molecule has 3 heterocycles. The minimum absolute atomic E-state index is 0.0640. The van der Waals surface area contributed by atoms with Gasteiger partial charge in [-0.1, -0.05) is 6.07 Å². The lowest BCUT2D eigenvalue weighted by atomic mass is 10.0. The van der Waals surface area contributed by atoms with E-state index in [-0.39, 0.29) is 34.4 Å². The van der Waals surface area contributed by atoms with Crippen molar-refractivity contribution in [2.24, 2.45) is 0 Å². The van der Waals surface area contributed by atoms with Gasteiger partial charge in [0.05, 0.1) is 17.9 Å². The molecule has 1 fully saturated rings. The quantitative estimate of drug-likeness (QED) is 0.313. The summed E-state index contributed by atoms with van der Waals surface area (Å²) < 4.78 is 17.4. The Balaban J connectivity index is 1.83. The van der Waals surface area contributed by atoms with Crippen LogP contribution < -0.4 is 5.32 Å². The van der Waals surface area contributed by atoms with E-state index >= 15 is 0 Å². The van der Waals surface area contributed by atoms with Gasteiger partial charge < -0.3 is 14.5 Å². The largest absolute Gasteiger partial charge is 0.610 e. The molecule has 2 aliphatic heterocycles. The lowest BCUT2D eigenvalue weighted by molar-refractivity contribution is -0.150. The normalized spacial score (nSPS) is 24.8. The van der Waals surface area contributed by atoms with Crippen molar-refractivity contribution in [3.8, 4) is 0 Å². The summed E-state index contributed by atoms with van der Waals surface area (Å²) in [7, 11) is 1.18. The molecule has 136 valence electrons. The number of thiophene rings is 1. The Morgan fingerprint density at radius 3 is 2.85 bits per heavy atom. The van der Waals surface area contributed by atoms with Gasteiger partial charge in [-0.2, -0.15) is 0 Å². The first-order valence-electron chi connectivity index (χ1n) is 7.52. The Hall–Kier alpha value is -1.75. The number of halogens is 1. The second kappa shape index (κ2) is 7.47. The molecule has 3 atom stereocenters. The second-order valence-electron chi connectivity index (χ2n) is 5.57. The highest BCUT2D eigenvalue weighted by atomic mass is 35.5. The molecule has 1 aromatic heterocycles. The number of alkyl halides is 1. The zero-order valence-electron chi connectivity index (χ0n) is 13.7. The van der Waals surface area contributed by atoms with Crippen molar-refractivity contribution in [3.63, 3.8) is 0 Å². The summed E-state index contributed by atoms with van der Waals surface area (Å²) in [5, 5.41) is 3.55. The van der Waals surface area contributed by atoms with Crippen LogP contribution in [0.5, 0.6) is 0 Å². The highest BCUT2D eigenvalue weighted by Gasteiger charge is 2.62. The van der Waals surface area contributed by atoms with Gasteiger partial charge in [-0.25, -0.2) is 4.79 Å². The summed E-state index contributed by atoms with van der Waals surface area (Å²) in [5.41, 5.74) is 0.149. The number of hydrogen-bond acceptors (Lipinski definition) is 6. The molecule has 1 saturated heterocycles. The van der Waals surface area contributed by atoms with Gasteiger partial charge >= 0.3 is 14.0 Å². The first-order valence-corrected chi connectivity index (χ1v) is 10.2. The Kier molecular flexibility index (Phi) is 5.47. The molecule has 0 unspecified atom stereocenters. The highest BCUT2D eigenvalue weighted by Crippen LogP contribution is 2.42. The molecule has 7 nitrogen and oxygen atoms in total. The van der Waals surface area contributed by atoms with E-state index in [2.05, 4.69) is 11.9 Å². The fourth-order valence-corrected chi connectivity index (χ4v) is 5.46. The molecule has 0 aliphatic carbocycles. The van der Waals surface area contributed by atoms with E-state index in [0.717, 1.165) is 9.78 Å². The number of nitrogens with one attached hydrogen (secondary N) is 1. The number of carbonyl (C=O) groups is 3. The molecule has 0 aromatic carbocycles. The van der Waals surface area contributed by atoms with Gasteiger partial charge in [-0.3, -0.25) is 14.5 Å². The lowest BCUT2D eigenvalue weighted by Gasteiger charge is -2.49. The molecule has 0 spiro atoms. The van der Waals surface area contributed by atoms with Gasteiger partial charge in [-0.15, -0.1) is 22.9 Å². The van der Waals surface area contributed by atoms with Gasteiger partial charge in [0.2, 0.25) is 11.3 Å². The highest BCUT2D eigenvalue weighted by molar-refractivity contribution is 7.96. The molecular weight excluding hydrogens is 399 g/mol. The summed E-state index contributed by atoms with van der Waals surface area (Å²) in [6.07, 6.45) is 0.119. The minimum Gasteiger partial charge on any atom is -0.610 e. The summed E-state index contributed by atoms with van der Waals surface area (Å²) in [6.45, 7) is 3.73. The molecular formula is C15H14BClN2O5S2. The van der Waals surface area contributed by atoms with Crippen LogP contribution in [0.1, 0.15) is 4.88 Å². The third-order valence-electron chi connectivity index (χ3n) is 4.11. The van der Waals surface area contributed by atoms with Crippen molar-refractivity contribution in [1.82, 2.24) is 10.2 Å². The molecule has 11 heteroatoms. The van der Waals surface area contributed by atoms with E-state index in [1.807, 2.05) is 17.5 Å². The van der Waals surface area contributed by atoms with E-state index in [0.29, 0.717) is 0 Å². The number of allylic oxidation sites excluding steroid dienone is 1. The maximum atomic E-state index is 12.7. The molecule has 2 aliphatic rings. The summed E-state index contributed by atoms with van der Waals surface area (Å²) >= 11 is 5.58. The van der Waals surface area contributed by atoms with Crippen LogP contribution in [0.4, 0.5) is 0 Å². The van der Waals surface area contributed by atoms with Crippen LogP contribution in [0.15, 0.2) is 40.3 Å². The van der Waals surface area contributed by atoms with E-state index in [9.17, 15) is 18.9 Å². The van der Waals surface area contributed by atoms with Gasteiger partial charge in [-0.05, 0) is 18.0 Å². The molecule has 0 radical (unpaired) electrons. The van der Waals surface area contributed by atoms with Crippen LogP contribution in [0.25, 0.3) is 0 Å². The van der Waals surface area contributed by atoms with E-state index < -0.39 is 34.5 Å². The summed E-state index contributed by atoms with van der Waals surface area (Å²) in [5.74, 6) is -1.79. The molecule has 0 bridgehead atoms. The Labute approximate surface area is 162 Å². The van der Waals surface area contributed by atoms with Gasteiger partial charge in [0.15, 0.2) is 10.9 Å². The maximum Gasteiger partial charge on any atom is 0.337 e. The Morgan fingerprint density at radius 2 is 2.27 bits per heavy atom. The first-order chi connectivity index (χ1) is 12.4. The predicted molar refractivity (Wildman–Crippen MR) is 100 cm³/mol. The minimum atomic E-state index is -1.70. The SMILES string of the molecule is BOC(=O)C1=C(CCl)C(=C)[S@+]([O-])[C@@H]2[C@H](NC(=O)Cc3cccs3)C(=O)N12. The topological polar surface area (TPSA) is 98.8 Å². The monoisotopic (exact) mass is 412 g/mol. The Morgan fingerprint density at radius 1 is 1.54 bits per heavy atom. The standard InChI is InChI=1S/C15H14BClN2O5S2/c1-7-9(6-17)12(15(22)24-16)19-13(21)11(14(19)26(7)23)18-10(20)5-8-3-2-4-25-8/h2-4,11,14H,1,5-6,16H2,(H,18,20)/t11-,14-,26+/m1/s1. The van der Waals surface area contributed by atoms with Crippen LogP contribution in [0, 0.1) is 0 Å². The molecule has 26 heavy (non-hydrogen) atoms.